The maximum absolute atomic E-state index is 4.34. The monoisotopic (exact) mass is 252 g/mol. The average molecular weight is 252 g/mol. The molecular weight excluding hydrogens is 224 g/mol. The Hall–Kier alpha value is -0.770. The van der Waals surface area contributed by atoms with E-state index in [0.29, 0.717) is 12.1 Å². The lowest BCUT2D eigenvalue weighted by Gasteiger charge is -2.26. The zero-order chi connectivity index (χ0) is 13.0. The minimum absolute atomic E-state index is 0.634. The van der Waals surface area contributed by atoms with Crippen molar-refractivity contribution >= 4 is 5.96 Å². The van der Waals surface area contributed by atoms with E-state index in [1.54, 1.807) is 0 Å². The molecule has 1 atom stereocenters. The van der Waals surface area contributed by atoms with Gasteiger partial charge < -0.3 is 15.5 Å². The zero-order valence-electron chi connectivity index (χ0n) is 12.1. The van der Waals surface area contributed by atoms with Gasteiger partial charge in [0.25, 0.3) is 0 Å². The molecule has 4 heteroatoms. The van der Waals surface area contributed by atoms with E-state index in [2.05, 4.69) is 34.6 Å². The first-order valence-corrected chi connectivity index (χ1v) is 7.34. The Labute approximate surface area is 111 Å². The average Bonchev–Trinajstić information content (AvgIpc) is 3.04. The summed E-state index contributed by atoms with van der Waals surface area (Å²) in [6, 6.07) is 1.28. The van der Waals surface area contributed by atoms with E-state index >= 15 is 0 Å². The Morgan fingerprint density at radius 3 is 2.39 bits per heavy atom. The Balaban J connectivity index is 1.75. The van der Waals surface area contributed by atoms with Gasteiger partial charge in [0.15, 0.2) is 5.96 Å². The van der Waals surface area contributed by atoms with E-state index in [1.807, 2.05) is 7.05 Å². The van der Waals surface area contributed by atoms with Gasteiger partial charge in [-0.2, -0.15) is 0 Å². The molecule has 104 valence electrons. The molecule has 0 aromatic heterocycles. The molecule has 0 spiro atoms. The van der Waals surface area contributed by atoms with E-state index in [-0.39, 0.29) is 0 Å². The summed E-state index contributed by atoms with van der Waals surface area (Å²) in [5.74, 6) is 1.87. The van der Waals surface area contributed by atoms with Crippen molar-refractivity contribution in [2.75, 3.05) is 27.7 Å². The molecule has 0 aromatic rings. The predicted octanol–water partition coefficient (Wildman–Crippen LogP) is 1.43. The van der Waals surface area contributed by atoms with Gasteiger partial charge in [-0.1, -0.05) is 12.8 Å². The molecule has 0 aromatic carbocycles. The van der Waals surface area contributed by atoms with Crippen molar-refractivity contribution < 1.29 is 0 Å². The highest BCUT2D eigenvalue weighted by Crippen LogP contribution is 2.34. The molecular formula is C14H28N4. The summed E-state index contributed by atoms with van der Waals surface area (Å²) < 4.78 is 0. The Kier molecular flexibility index (Phi) is 4.87. The molecule has 18 heavy (non-hydrogen) atoms. The van der Waals surface area contributed by atoms with Crippen LogP contribution in [0, 0.1) is 5.92 Å². The maximum Gasteiger partial charge on any atom is 0.191 e. The minimum atomic E-state index is 0.634. The molecule has 1 unspecified atom stereocenters. The molecule has 2 fully saturated rings. The number of guanidine groups is 1. The fourth-order valence-corrected chi connectivity index (χ4v) is 2.91. The summed E-state index contributed by atoms with van der Waals surface area (Å²) in [6.45, 7) is 1.00. The van der Waals surface area contributed by atoms with E-state index < -0.39 is 0 Å². The lowest BCUT2D eigenvalue weighted by atomic mass is 10.1. The smallest absolute Gasteiger partial charge is 0.191 e. The number of likely N-dealkylation sites (N-methyl/N-ethyl adjacent to an activating group) is 1. The molecule has 2 N–H and O–H groups in total. The van der Waals surface area contributed by atoms with Crippen LogP contribution >= 0.6 is 0 Å². The normalized spacial score (nSPS) is 23.4. The molecule has 2 aliphatic rings. The van der Waals surface area contributed by atoms with Crippen LogP contribution < -0.4 is 10.6 Å². The van der Waals surface area contributed by atoms with Crippen LogP contribution in [0.4, 0.5) is 0 Å². The quantitative estimate of drug-likeness (QED) is 0.574. The lowest BCUT2D eigenvalue weighted by Crippen LogP contribution is -2.48. The van der Waals surface area contributed by atoms with Gasteiger partial charge in [-0.15, -0.1) is 0 Å². The fourth-order valence-electron chi connectivity index (χ4n) is 2.91. The highest BCUT2D eigenvalue weighted by atomic mass is 15.2. The summed E-state index contributed by atoms with van der Waals surface area (Å²) in [5.41, 5.74) is 0. The van der Waals surface area contributed by atoms with Crippen molar-refractivity contribution in [3.63, 3.8) is 0 Å². The van der Waals surface area contributed by atoms with Crippen LogP contribution in [0.2, 0.25) is 0 Å². The van der Waals surface area contributed by atoms with Crippen molar-refractivity contribution in [3.05, 3.63) is 0 Å². The van der Waals surface area contributed by atoms with Gasteiger partial charge in [0.2, 0.25) is 0 Å². The van der Waals surface area contributed by atoms with Crippen LogP contribution in [0.5, 0.6) is 0 Å². The van der Waals surface area contributed by atoms with Gasteiger partial charge in [0, 0.05) is 25.7 Å². The first-order valence-electron chi connectivity index (χ1n) is 7.34. The Morgan fingerprint density at radius 1 is 1.22 bits per heavy atom. The number of aliphatic imine (C=N–C) groups is 1. The summed E-state index contributed by atoms with van der Waals surface area (Å²) in [7, 11) is 6.22. The van der Waals surface area contributed by atoms with E-state index in [1.165, 1.54) is 38.5 Å². The van der Waals surface area contributed by atoms with E-state index in [0.717, 1.165) is 18.4 Å². The van der Waals surface area contributed by atoms with Gasteiger partial charge in [-0.25, -0.2) is 0 Å². The Morgan fingerprint density at radius 2 is 1.89 bits per heavy atom. The minimum Gasteiger partial charge on any atom is -0.355 e. The fraction of sp³-hybridized carbons (Fsp3) is 0.929. The third-order valence-corrected chi connectivity index (χ3v) is 4.23. The van der Waals surface area contributed by atoms with Crippen LogP contribution in [-0.2, 0) is 0 Å². The summed E-state index contributed by atoms with van der Waals surface area (Å²) in [5, 5.41) is 7.04. The van der Waals surface area contributed by atoms with Gasteiger partial charge in [0.05, 0.1) is 0 Å². The van der Waals surface area contributed by atoms with Crippen molar-refractivity contribution in [1.29, 1.82) is 0 Å². The maximum atomic E-state index is 4.34. The second-order valence-electron chi connectivity index (χ2n) is 5.95. The lowest BCUT2D eigenvalue weighted by molar-refractivity contribution is 0.263. The first kappa shape index (κ1) is 13.7. The van der Waals surface area contributed by atoms with Gasteiger partial charge in [0.1, 0.15) is 0 Å². The largest absolute Gasteiger partial charge is 0.355 e. The van der Waals surface area contributed by atoms with Gasteiger partial charge >= 0.3 is 0 Å². The van der Waals surface area contributed by atoms with Crippen LogP contribution in [-0.4, -0.2) is 50.6 Å². The van der Waals surface area contributed by atoms with Gasteiger partial charge in [-0.3, -0.25) is 4.99 Å². The van der Waals surface area contributed by atoms with Crippen molar-refractivity contribution in [2.45, 2.75) is 50.6 Å². The standard InChI is InChI=1S/C14H28N4/c1-15-14(17-12-6-4-5-7-12)16-10-13(18(2)3)11-8-9-11/h11-13H,4-10H2,1-3H3,(H2,15,16,17). The third kappa shape index (κ3) is 3.87. The van der Waals surface area contributed by atoms with E-state index in [9.17, 15) is 0 Å². The predicted molar refractivity (Wildman–Crippen MR) is 77.0 cm³/mol. The molecule has 2 aliphatic carbocycles. The topological polar surface area (TPSA) is 39.7 Å². The second kappa shape index (κ2) is 6.41. The molecule has 0 saturated heterocycles. The number of rotatable bonds is 5. The highest BCUT2D eigenvalue weighted by molar-refractivity contribution is 5.80. The number of nitrogens with one attached hydrogen (secondary N) is 2. The number of hydrogen-bond acceptors (Lipinski definition) is 2. The number of hydrogen-bond donors (Lipinski definition) is 2. The zero-order valence-corrected chi connectivity index (χ0v) is 12.1. The summed E-state index contributed by atoms with van der Waals surface area (Å²) >= 11 is 0. The van der Waals surface area contributed by atoms with Crippen molar-refractivity contribution in [1.82, 2.24) is 15.5 Å². The molecule has 0 radical (unpaired) electrons. The molecule has 0 heterocycles. The van der Waals surface area contributed by atoms with Crippen LogP contribution in [0.3, 0.4) is 0 Å². The summed E-state index contributed by atoms with van der Waals surface area (Å²) in [6.07, 6.45) is 8.08. The first-order chi connectivity index (χ1) is 8.70. The third-order valence-electron chi connectivity index (χ3n) is 4.23. The van der Waals surface area contributed by atoms with Gasteiger partial charge in [-0.05, 0) is 45.7 Å². The highest BCUT2D eigenvalue weighted by Gasteiger charge is 2.32. The molecule has 0 aliphatic heterocycles. The molecule has 2 saturated carbocycles. The molecule has 0 bridgehead atoms. The molecule has 0 amide bonds. The summed E-state index contributed by atoms with van der Waals surface area (Å²) in [4.78, 5) is 6.68. The van der Waals surface area contributed by atoms with Crippen LogP contribution in [0.1, 0.15) is 38.5 Å². The van der Waals surface area contributed by atoms with Crippen LogP contribution in [0.25, 0.3) is 0 Å². The van der Waals surface area contributed by atoms with Crippen molar-refractivity contribution in [2.24, 2.45) is 10.9 Å². The SMILES string of the molecule is CN=C(NCC(C1CC1)N(C)C)NC1CCCC1. The molecule has 2 rings (SSSR count). The van der Waals surface area contributed by atoms with Crippen LogP contribution in [0.15, 0.2) is 4.99 Å². The van der Waals surface area contributed by atoms with Crippen molar-refractivity contribution in [3.8, 4) is 0 Å². The van der Waals surface area contributed by atoms with E-state index in [4.69, 9.17) is 0 Å². The second-order valence-corrected chi connectivity index (χ2v) is 5.95. The Bertz CT molecular complexity index is 276. The number of nitrogens with zero attached hydrogens (tertiary/aromatic N) is 2. The molecule has 4 nitrogen and oxygen atoms in total.